The number of nitrogens with one attached hydrogen (secondary N) is 1. The predicted molar refractivity (Wildman–Crippen MR) is 123 cm³/mol. The Hall–Kier alpha value is -2.97. The molecule has 1 aliphatic rings. The molecule has 0 radical (unpaired) electrons. The van der Waals surface area contributed by atoms with Crippen LogP contribution in [0.25, 0.3) is 10.1 Å². The van der Waals surface area contributed by atoms with E-state index in [-0.39, 0.29) is 11.9 Å². The number of hydrogen-bond donors (Lipinski definition) is 1. The first-order chi connectivity index (χ1) is 15.1. The summed E-state index contributed by atoms with van der Waals surface area (Å²) in [6.45, 7) is 5.59. The van der Waals surface area contributed by atoms with Crippen molar-refractivity contribution in [3.63, 3.8) is 0 Å². The molecule has 0 unspecified atom stereocenters. The van der Waals surface area contributed by atoms with Gasteiger partial charge in [-0.25, -0.2) is 9.78 Å². The van der Waals surface area contributed by atoms with Crippen LogP contribution in [0, 0.1) is 0 Å². The third-order valence-electron chi connectivity index (χ3n) is 5.47. The van der Waals surface area contributed by atoms with Crippen LogP contribution >= 0.6 is 11.3 Å². The molecule has 1 N–H and O–H groups in total. The van der Waals surface area contributed by atoms with Gasteiger partial charge in [-0.15, -0.1) is 11.3 Å². The molecule has 4 rings (SSSR count). The summed E-state index contributed by atoms with van der Waals surface area (Å²) in [5, 5.41) is 4.11. The molecule has 1 aromatic carbocycles. The zero-order valence-electron chi connectivity index (χ0n) is 17.8. The number of benzene rings is 1. The van der Waals surface area contributed by atoms with E-state index in [4.69, 9.17) is 4.74 Å². The Morgan fingerprint density at radius 2 is 1.90 bits per heavy atom. The van der Waals surface area contributed by atoms with Gasteiger partial charge in [-0.3, -0.25) is 9.69 Å². The molecule has 31 heavy (non-hydrogen) atoms. The molecule has 1 aliphatic heterocycles. The van der Waals surface area contributed by atoms with E-state index in [9.17, 15) is 9.59 Å². The molecule has 0 bridgehead atoms. The summed E-state index contributed by atoms with van der Waals surface area (Å²) in [5.74, 6) is -0.306. The number of carbonyl (C=O) groups excluding carboxylic acids is 2. The van der Waals surface area contributed by atoms with Crippen molar-refractivity contribution in [3.8, 4) is 0 Å². The predicted octanol–water partition coefficient (Wildman–Crippen LogP) is 3.47. The Morgan fingerprint density at radius 1 is 1.13 bits per heavy atom. The van der Waals surface area contributed by atoms with Gasteiger partial charge >= 0.3 is 5.97 Å². The van der Waals surface area contributed by atoms with E-state index in [1.807, 2.05) is 43.1 Å². The molecule has 7 nitrogen and oxygen atoms in total. The summed E-state index contributed by atoms with van der Waals surface area (Å²) in [5.41, 5.74) is 2.35. The van der Waals surface area contributed by atoms with Crippen LogP contribution in [-0.4, -0.2) is 66.5 Å². The standard InChI is InChI=1S/C23H26N4O3S/c1-3-30-23(29)21-18(17-6-4-5-7-20(17)31-21)15-26-10-12-27(13-11-26)22(28)19-9-8-16(24-2)14-25-19/h4-9,14,24H,3,10-13,15H2,1-2H3. The first-order valence-electron chi connectivity index (χ1n) is 10.4. The molecule has 3 heterocycles. The van der Waals surface area contributed by atoms with Gasteiger partial charge in [-0.05, 0) is 36.1 Å². The highest BCUT2D eigenvalue weighted by Crippen LogP contribution is 2.33. The van der Waals surface area contributed by atoms with E-state index < -0.39 is 0 Å². The Balaban J connectivity index is 1.45. The van der Waals surface area contributed by atoms with Gasteiger partial charge in [0.1, 0.15) is 10.6 Å². The number of piperazine rings is 1. The van der Waals surface area contributed by atoms with Crippen molar-refractivity contribution >= 4 is 39.0 Å². The fraction of sp³-hybridized carbons (Fsp3) is 0.348. The van der Waals surface area contributed by atoms with Crippen molar-refractivity contribution in [2.24, 2.45) is 0 Å². The van der Waals surface area contributed by atoms with E-state index in [0.29, 0.717) is 36.8 Å². The number of aromatic nitrogens is 1. The average molecular weight is 439 g/mol. The van der Waals surface area contributed by atoms with E-state index in [2.05, 4.69) is 21.3 Å². The molecule has 8 heteroatoms. The normalized spacial score (nSPS) is 14.6. The average Bonchev–Trinajstić information content (AvgIpc) is 3.18. The highest BCUT2D eigenvalue weighted by Gasteiger charge is 2.26. The van der Waals surface area contributed by atoms with Gasteiger partial charge < -0.3 is 15.0 Å². The van der Waals surface area contributed by atoms with Gasteiger partial charge in [0.2, 0.25) is 0 Å². The summed E-state index contributed by atoms with van der Waals surface area (Å²) >= 11 is 1.49. The fourth-order valence-corrected chi connectivity index (χ4v) is 4.89. The zero-order chi connectivity index (χ0) is 21.8. The van der Waals surface area contributed by atoms with Crippen molar-refractivity contribution in [3.05, 3.63) is 58.7 Å². The van der Waals surface area contributed by atoms with Crippen LogP contribution in [0.3, 0.4) is 0 Å². The fourth-order valence-electron chi connectivity index (χ4n) is 3.78. The quantitative estimate of drug-likeness (QED) is 0.594. The van der Waals surface area contributed by atoms with E-state index in [1.54, 1.807) is 12.3 Å². The van der Waals surface area contributed by atoms with E-state index in [1.165, 1.54) is 11.3 Å². The summed E-state index contributed by atoms with van der Waals surface area (Å²) in [4.78, 5) is 34.4. The maximum absolute atomic E-state index is 12.8. The topological polar surface area (TPSA) is 74.8 Å². The molecular formula is C23H26N4O3S. The minimum absolute atomic E-state index is 0.0458. The van der Waals surface area contributed by atoms with Crippen molar-refractivity contribution in [1.29, 1.82) is 0 Å². The number of fused-ring (bicyclic) bond motifs is 1. The molecular weight excluding hydrogens is 412 g/mol. The first kappa shape index (κ1) is 21.3. The van der Waals surface area contributed by atoms with Crippen LogP contribution < -0.4 is 5.32 Å². The maximum atomic E-state index is 12.8. The lowest BCUT2D eigenvalue weighted by Gasteiger charge is -2.34. The van der Waals surface area contributed by atoms with Crippen molar-refractivity contribution in [2.45, 2.75) is 13.5 Å². The van der Waals surface area contributed by atoms with Gasteiger partial charge in [0, 0.05) is 44.5 Å². The second-order valence-corrected chi connectivity index (χ2v) is 8.43. The highest BCUT2D eigenvalue weighted by molar-refractivity contribution is 7.21. The SMILES string of the molecule is CCOC(=O)c1sc2ccccc2c1CN1CCN(C(=O)c2ccc(NC)cn2)CC1. The number of anilines is 1. The molecule has 0 spiro atoms. The second kappa shape index (κ2) is 9.45. The Morgan fingerprint density at radius 3 is 2.58 bits per heavy atom. The lowest BCUT2D eigenvalue weighted by molar-refractivity contribution is 0.0529. The second-order valence-electron chi connectivity index (χ2n) is 7.38. The van der Waals surface area contributed by atoms with Crippen LogP contribution in [0.4, 0.5) is 5.69 Å². The van der Waals surface area contributed by atoms with Crippen molar-refractivity contribution in [2.75, 3.05) is 45.2 Å². The highest BCUT2D eigenvalue weighted by atomic mass is 32.1. The smallest absolute Gasteiger partial charge is 0.348 e. The number of hydrogen-bond acceptors (Lipinski definition) is 7. The van der Waals surface area contributed by atoms with E-state index >= 15 is 0 Å². The minimum atomic E-state index is -0.261. The third kappa shape index (κ3) is 4.55. The Bertz CT molecular complexity index is 1070. The molecule has 3 aromatic rings. The van der Waals surface area contributed by atoms with Gasteiger partial charge in [0.25, 0.3) is 5.91 Å². The summed E-state index contributed by atoms with van der Waals surface area (Å²) in [6, 6.07) is 11.7. The van der Waals surface area contributed by atoms with Gasteiger partial charge in [-0.1, -0.05) is 18.2 Å². The number of thiophene rings is 1. The monoisotopic (exact) mass is 438 g/mol. The van der Waals surface area contributed by atoms with Gasteiger partial charge in [-0.2, -0.15) is 0 Å². The van der Waals surface area contributed by atoms with Crippen molar-refractivity contribution < 1.29 is 14.3 Å². The number of pyridine rings is 1. The van der Waals surface area contributed by atoms with Crippen LogP contribution in [0.2, 0.25) is 0 Å². The molecule has 2 aromatic heterocycles. The molecule has 162 valence electrons. The number of amides is 1. The van der Waals surface area contributed by atoms with E-state index in [0.717, 1.165) is 34.4 Å². The van der Waals surface area contributed by atoms with Crippen LogP contribution in [0.5, 0.6) is 0 Å². The number of ether oxygens (including phenoxy) is 1. The number of rotatable bonds is 6. The number of carbonyl (C=O) groups is 2. The van der Waals surface area contributed by atoms with Crippen LogP contribution in [-0.2, 0) is 11.3 Å². The van der Waals surface area contributed by atoms with Crippen LogP contribution in [0.1, 0.15) is 32.6 Å². The van der Waals surface area contributed by atoms with Crippen LogP contribution in [0.15, 0.2) is 42.6 Å². The zero-order valence-corrected chi connectivity index (χ0v) is 18.6. The molecule has 1 fully saturated rings. The summed E-state index contributed by atoms with van der Waals surface area (Å²) in [7, 11) is 1.82. The molecule has 1 amide bonds. The Labute approximate surface area is 185 Å². The number of esters is 1. The molecule has 0 atom stereocenters. The van der Waals surface area contributed by atoms with Crippen molar-refractivity contribution in [1.82, 2.24) is 14.8 Å². The first-order valence-corrected chi connectivity index (χ1v) is 11.2. The van der Waals surface area contributed by atoms with Gasteiger partial charge in [0.15, 0.2) is 0 Å². The van der Waals surface area contributed by atoms with Gasteiger partial charge in [0.05, 0.1) is 18.5 Å². The third-order valence-corrected chi connectivity index (χ3v) is 6.66. The molecule has 1 saturated heterocycles. The molecule has 0 saturated carbocycles. The largest absolute Gasteiger partial charge is 0.462 e. The lowest BCUT2D eigenvalue weighted by atomic mass is 10.1. The minimum Gasteiger partial charge on any atom is -0.462 e. The number of nitrogens with zero attached hydrogens (tertiary/aromatic N) is 3. The Kier molecular flexibility index (Phi) is 6.48. The lowest BCUT2D eigenvalue weighted by Crippen LogP contribution is -2.48. The maximum Gasteiger partial charge on any atom is 0.348 e. The molecule has 0 aliphatic carbocycles. The summed E-state index contributed by atoms with van der Waals surface area (Å²) in [6.07, 6.45) is 1.67. The summed E-state index contributed by atoms with van der Waals surface area (Å²) < 4.78 is 6.38.